The van der Waals surface area contributed by atoms with Gasteiger partial charge in [-0.3, -0.25) is 4.79 Å². The number of ether oxygens (including phenoxy) is 1. The van der Waals surface area contributed by atoms with Crippen molar-refractivity contribution in [2.24, 2.45) is 10.9 Å². The number of hydrogen-bond donors (Lipinski definition) is 3. The third-order valence-electron chi connectivity index (χ3n) is 2.24. The SMILES string of the molecule is N/C(=N\O)c1ccc2c(c1)NC(=O)CCO2. The van der Waals surface area contributed by atoms with E-state index in [-0.39, 0.29) is 11.7 Å². The van der Waals surface area contributed by atoms with Crippen molar-refractivity contribution >= 4 is 17.4 Å². The summed E-state index contributed by atoms with van der Waals surface area (Å²) in [7, 11) is 0. The van der Waals surface area contributed by atoms with Crippen molar-refractivity contribution in [1.82, 2.24) is 0 Å². The predicted octanol–water partition coefficient (Wildman–Crippen LogP) is 0.502. The number of amidine groups is 1. The summed E-state index contributed by atoms with van der Waals surface area (Å²) in [6.07, 6.45) is 0.313. The predicted molar refractivity (Wildman–Crippen MR) is 57.7 cm³/mol. The van der Waals surface area contributed by atoms with Gasteiger partial charge in [-0.2, -0.15) is 0 Å². The molecule has 1 amide bonds. The van der Waals surface area contributed by atoms with Gasteiger partial charge in [0.15, 0.2) is 5.84 Å². The Morgan fingerprint density at radius 3 is 3.12 bits per heavy atom. The number of rotatable bonds is 1. The normalized spacial score (nSPS) is 15.8. The fourth-order valence-electron chi connectivity index (χ4n) is 1.44. The Morgan fingerprint density at radius 1 is 1.56 bits per heavy atom. The number of oxime groups is 1. The van der Waals surface area contributed by atoms with Crippen LogP contribution in [0, 0.1) is 0 Å². The number of carbonyl (C=O) groups excluding carboxylic acids is 1. The van der Waals surface area contributed by atoms with Gasteiger partial charge in [-0.05, 0) is 18.2 Å². The molecule has 0 atom stereocenters. The second kappa shape index (κ2) is 4.09. The third-order valence-corrected chi connectivity index (χ3v) is 2.24. The number of carbonyl (C=O) groups is 1. The van der Waals surface area contributed by atoms with Crippen LogP contribution in [-0.2, 0) is 4.79 Å². The minimum atomic E-state index is -0.115. The summed E-state index contributed by atoms with van der Waals surface area (Å²) in [5.41, 5.74) is 6.50. The van der Waals surface area contributed by atoms with E-state index in [9.17, 15) is 4.79 Å². The van der Waals surface area contributed by atoms with Crippen LogP contribution in [-0.4, -0.2) is 23.6 Å². The zero-order valence-corrected chi connectivity index (χ0v) is 8.43. The molecule has 1 heterocycles. The molecule has 0 aliphatic carbocycles. The van der Waals surface area contributed by atoms with E-state index in [2.05, 4.69) is 10.5 Å². The van der Waals surface area contributed by atoms with Gasteiger partial charge in [0.1, 0.15) is 5.75 Å². The van der Waals surface area contributed by atoms with Gasteiger partial charge in [0, 0.05) is 5.56 Å². The lowest BCUT2D eigenvalue weighted by Gasteiger charge is -2.08. The van der Waals surface area contributed by atoms with Crippen molar-refractivity contribution in [3.8, 4) is 5.75 Å². The Labute approximate surface area is 91.7 Å². The topological polar surface area (TPSA) is 96.9 Å². The molecular weight excluding hydrogens is 210 g/mol. The molecule has 0 bridgehead atoms. The van der Waals surface area contributed by atoms with Crippen LogP contribution in [0.25, 0.3) is 0 Å². The monoisotopic (exact) mass is 221 g/mol. The average molecular weight is 221 g/mol. The number of nitrogens with one attached hydrogen (secondary N) is 1. The van der Waals surface area contributed by atoms with Crippen LogP contribution >= 0.6 is 0 Å². The molecule has 4 N–H and O–H groups in total. The maximum absolute atomic E-state index is 11.3. The fourth-order valence-corrected chi connectivity index (χ4v) is 1.44. The van der Waals surface area contributed by atoms with Gasteiger partial charge in [0.25, 0.3) is 0 Å². The molecule has 0 radical (unpaired) electrons. The quantitative estimate of drug-likeness (QED) is 0.278. The number of amides is 1. The smallest absolute Gasteiger partial charge is 0.227 e. The van der Waals surface area contributed by atoms with Gasteiger partial charge in [-0.1, -0.05) is 5.16 Å². The van der Waals surface area contributed by atoms with Crippen molar-refractivity contribution in [3.05, 3.63) is 23.8 Å². The molecule has 0 spiro atoms. The number of nitrogens with two attached hydrogens (primary N) is 1. The Morgan fingerprint density at radius 2 is 2.38 bits per heavy atom. The van der Waals surface area contributed by atoms with E-state index >= 15 is 0 Å². The zero-order valence-electron chi connectivity index (χ0n) is 8.43. The van der Waals surface area contributed by atoms with Gasteiger partial charge in [0.2, 0.25) is 5.91 Å². The molecule has 16 heavy (non-hydrogen) atoms. The molecule has 0 aromatic heterocycles. The molecule has 84 valence electrons. The fraction of sp³-hybridized carbons (Fsp3) is 0.200. The molecule has 0 unspecified atom stereocenters. The van der Waals surface area contributed by atoms with E-state index in [0.717, 1.165) is 0 Å². The van der Waals surface area contributed by atoms with Gasteiger partial charge >= 0.3 is 0 Å². The van der Waals surface area contributed by atoms with Gasteiger partial charge < -0.3 is 21.0 Å². The summed E-state index contributed by atoms with van der Waals surface area (Å²) in [5.74, 6) is 0.456. The largest absolute Gasteiger partial charge is 0.491 e. The molecular formula is C10H11N3O3. The van der Waals surface area contributed by atoms with Crippen LogP contribution in [0.15, 0.2) is 23.4 Å². The molecule has 0 saturated heterocycles. The van der Waals surface area contributed by atoms with Gasteiger partial charge in [-0.25, -0.2) is 0 Å². The lowest BCUT2D eigenvalue weighted by Crippen LogP contribution is -2.14. The highest BCUT2D eigenvalue weighted by Gasteiger charge is 2.14. The maximum atomic E-state index is 11.3. The van der Waals surface area contributed by atoms with E-state index < -0.39 is 0 Å². The van der Waals surface area contributed by atoms with Crippen molar-refractivity contribution in [1.29, 1.82) is 0 Å². The van der Waals surface area contributed by atoms with Crippen molar-refractivity contribution in [2.75, 3.05) is 11.9 Å². The van der Waals surface area contributed by atoms with Crippen LogP contribution in [0.5, 0.6) is 5.75 Å². The second-order valence-electron chi connectivity index (χ2n) is 3.34. The summed E-state index contributed by atoms with van der Waals surface area (Å²) < 4.78 is 5.36. The van der Waals surface area contributed by atoms with Crippen LogP contribution in [0.3, 0.4) is 0 Å². The van der Waals surface area contributed by atoms with Crippen molar-refractivity contribution in [3.63, 3.8) is 0 Å². The minimum Gasteiger partial charge on any atom is -0.491 e. The molecule has 1 aromatic carbocycles. The molecule has 6 nitrogen and oxygen atoms in total. The molecule has 0 saturated carbocycles. The number of benzene rings is 1. The lowest BCUT2D eigenvalue weighted by atomic mass is 10.1. The summed E-state index contributed by atoms with van der Waals surface area (Å²) in [6.45, 7) is 0.349. The Kier molecular flexibility index (Phi) is 2.63. The standard InChI is InChI=1S/C10H11N3O3/c11-10(13-15)6-1-2-8-7(5-6)12-9(14)3-4-16-8/h1-2,5,15H,3-4H2,(H2,11,13)(H,12,14). The molecule has 0 fully saturated rings. The molecule has 6 heteroatoms. The Hall–Kier alpha value is -2.24. The first-order valence-corrected chi connectivity index (χ1v) is 4.75. The molecule has 1 aromatic rings. The van der Waals surface area contributed by atoms with Gasteiger partial charge in [-0.15, -0.1) is 0 Å². The second-order valence-corrected chi connectivity index (χ2v) is 3.34. The first kappa shape index (κ1) is 10.3. The molecule has 1 aliphatic heterocycles. The average Bonchev–Trinajstić information content (AvgIpc) is 2.47. The summed E-state index contributed by atoms with van der Waals surface area (Å²) in [4.78, 5) is 11.3. The Balaban J connectivity index is 2.40. The van der Waals surface area contributed by atoms with E-state index in [1.807, 2.05) is 0 Å². The Bertz CT molecular complexity index is 457. The van der Waals surface area contributed by atoms with E-state index in [4.69, 9.17) is 15.7 Å². The van der Waals surface area contributed by atoms with Crippen molar-refractivity contribution in [2.45, 2.75) is 6.42 Å². The van der Waals surface area contributed by atoms with Crippen LogP contribution in [0.2, 0.25) is 0 Å². The van der Waals surface area contributed by atoms with Crippen LogP contribution in [0.4, 0.5) is 5.69 Å². The minimum absolute atomic E-state index is 0.0127. The first-order chi connectivity index (χ1) is 7.70. The summed E-state index contributed by atoms with van der Waals surface area (Å²) in [6, 6.07) is 4.94. The lowest BCUT2D eigenvalue weighted by molar-refractivity contribution is -0.116. The number of fused-ring (bicyclic) bond motifs is 1. The highest BCUT2D eigenvalue weighted by molar-refractivity contribution is 6.00. The van der Waals surface area contributed by atoms with E-state index in [1.165, 1.54) is 0 Å². The number of nitrogens with zero attached hydrogens (tertiary/aromatic N) is 1. The molecule has 2 rings (SSSR count). The van der Waals surface area contributed by atoms with E-state index in [0.29, 0.717) is 30.0 Å². The maximum Gasteiger partial charge on any atom is 0.227 e. The third kappa shape index (κ3) is 1.90. The van der Waals surface area contributed by atoms with Crippen molar-refractivity contribution < 1.29 is 14.7 Å². The first-order valence-electron chi connectivity index (χ1n) is 4.75. The van der Waals surface area contributed by atoms with Gasteiger partial charge in [0.05, 0.1) is 18.7 Å². The highest BCUT2D eigenvalue weighted by Crippen LogP contribution is 2.27. The summed E-state index contributed by atoms with van der Waals surface area (Å²) in [5, 5.41) is 14.1. The molecule has 1 aliphatic rings. The highest BCUT2D eigenvalue weighted by atomic mass is 16.5. The number of anilines is 1. The number of hydrogen-bond acceptors (Lipinski definition) is 4. The zero-order chi connectivity index (χ0) is 11.5. The van der Waals surface area contributed by atoms with Crippen LogP contribution < -0.4 is 15.8 Å². The van der Waals surface area contributed by atoms with E-state index in [1.54, 1.807) is 18.2 Å². The summed E-state index contributed by atoms with van der Waals surface area (Å²) >= 11 is 0. The van der Waals surface area contributed by atoms with Crippen LogP contribution in [0.1, 0.15) is 12.0 Å².